The summed E-state index contributed by atoms with van der Waals surface area (Å²) >= 11 is 0. The van der Waals surface area contributed by atoms with E-state index in [0.717, 1.165) is 29.6 Å². The third-order valence-electron chi connectivity index (χ3n) is 4.47. The Morgan fingerprint density at radius 3 is 2.55 bits per heavy atom. The SMILES string of the molecule is CC1CCS(=O)CC1.Cc1ncc2cc(Oc3ccc(F)cc3F)c(=O)[nH]c2n1. The lowest BCUT2D eigenvalue weighted by atomic mass is 10.1. The molecule has 0 atom stereocenters. The summed E-state index contributed by atoms with van der Waals surface area (Å²) in [4.78, 5) is 22.5. The van der Waals surface area contributed by atoms with E-state index < -0.39 is 28.0 Å². The Bertz CT molecular complexity index is 1090. The van der Waals surface area contributed by atoms with Crippen LogP contribution in [0.15, 0.2) is 35.3 Å². The third-order valence-corrected chi connectivity index (χ3v) is 5.85. The Morgan fingerprint density at radius 1 is 1.17 bits per heavy atom. The van der Waals surface area contributed by atoms with E-state index in [1.54, 1.807) is 6.92 Å². The molecule has 1 N–H and O–H groups in total. The number of rotatable bonds is 2. The van der Waals surface area contributed by atoms with E-state index in [1.165, 1.54) is 25.1 Å². The van der Waals surface area contributed by atoms with Gasteiger partial charge in [-0.2, -0.15) is 0 Å². The maximum Gasteiger partial charge on any atom is 0.292 e. The summed E-state index contributed by atoms with van der Waals surface area (Å²) in [7, 11) is -0.461. The van der Waals surface area contributed by atoms with Crippen LogP contribution in [0.4, 0.5) is 8.78 Å². The number of aryl methyl sites for hydroxylation is 1. The van der Waals surface area contributed by atoms with Crippen LogP contribution in [0, 0.1) is 24.5 Å². The zero-order valence-corrected chi connectivity index (χ0v) is 16.9. The molecular formula is C20H21F2N3O3S. The van der Waals surface area contributed by atoms with Crippen molar-refractivity contribution in [1.82, 2.24) is 15.0 Å². The molecule has 1 fully saturated rings. The standard InChI is InChI=1S/C14H9F2N3O2.C6H12OS/c1-7-17-6-8-4-12(14(20)19-13(8)18-7)21-11-3-2-9(15)5-10(11)16;1-6-2-4-8(7)5-3-6/h2-6H,1H3,(H,17,18,19,20);6H,2-5H2,1H3. The number of halogens is 2. The van der Waals surface area contributed by atoms with E-state index >= 15 is 0 Å². The van der Waals surface area contributed by atoms with Gasteiger partial charge in [-0.3, -0.25) is 9.00 Å². The van der Waals surface area contributed by atoms with Crippen LogP contribution in [0.5, 0.6) is 11.5 Å². The van der Waals surface area contributed by atoms with Gasteiger partial charge in [-0.05, 0) is 43.9 Å². The van der Waals surface area contributed by atoms with Gasteiger partial charge in [-0.25, -0.2) is 18.7 Å². The highest BCUT2D eigenvalue weighted by molar-refractivity contribution is 7.85. The highest BCUT2D eigenvalue weighted by Gasteiger charge is 2.12. The van der Waals surface area contributed by atoms with E-state index in [2.05, 4.69) is 21.9 Å². The molecule has 1 aromatic carbocycles. The van der Waals surface area contributed by atoms with Crippen LogP contribution < -0.4 is 10.3 Å². The molecule has 3 heterocycles. The smallest absolute Gasteiger partial charge is 0.292 e. The first-order valence-corrected chi connectivity index (χ1v) is 10.6. The van der Waals surface area contributed by atoms with Crippen molar-refractivity contribution < 1.29 is 17.7 Å². The highest BCUT2D eigenvalue weighted by Crippen LogP contribution is 2.24. The molecule has 0 radical (unpaired) electrons. The first-order chi connectivity index (χ1) is 13.8. The molecule has 4 rings (SSSR count). The molecular weight excluding hydrogens is 400 g/mol. The number of benzene rings is 1. The zero-order chi connectivity index (χ0) is 21.0. The highest BCUT2D eigenvalue weighted by atomic mass is 32.2. The lowest BCUT2D eigenvalue weighted by Gasteiger charge is -2.15. The summed E-state index contributed by atoms with van der Waals surface area (Å²) in [6.45, 7) is 3.92. The molecule has 0 saturated carbocycles. The largest absolute Gasteiger partial charge is 0.448 e. The van der Waals surface area contributed by atoms with E-state index in [0.29, 0.717) is 22.9 Å². The van der Waals surface area contributed by atoms with Crippen molar-refractivity contribution in [2.75, 3.05) is 11.5 Å². The van der Waals surface area contributed by atoms with Crippen molar-refractivity contribution >= 4 is 21.8 Å². The molecule has 1 aliphatic rings. The summed E-state index contributed by atoms with van der Waals surface area (Å²) in [5, 5.41) is 0.540. The fourth-order valence-electron chi connectivity index (χ4n) is 2.72. The van der Waals surface area contributed by atoms with Gasteiger partial charge in [0.05, 0.1) is 0 Å². The molecule has 9 heteroatoms. The Kier molecular flexibility index (Phi) is 6.68. The van der Waals surface area contributed by atoms with Gasteiger partial charge < -0.3 is 9.72 Å². The van der Waals surface area contributed by atoms with Gasteiger partial charge in [0.2, 0.25) is 0 Å². The molecule has 1 saturated heterocycles. The zero-order valence-electron chi connectivity index (χ0n) is 16.1. The number of hydrogen-bond donors (Lipinski definition) is 1. The van der Waals surface area contributed by atoms with Crippen LogP contribution in [0.25, 0.3) is 11.0 Å². The van der Waals surface area contributed by atoms with Gasteiger partial charge in [-0.1, -0.05) is 6.92 Å². The number of hydrogen-bond acceptors (Lipinski definition) is 5. The quantitative estimate of drug-likeness (QED) is 0.679. The topological polar surface area (TPSA) is 84.9 Å². The first-order valence-electron chi connectivity index (χ1n) is 9.16. The van der Waals surface area contributed by atoms with Gasteiger partial charge in [0, 0.05) is 40.0 Å². The minimum Gasteiger partial charge on any atom is -0.448 e. The second kappa shape index (κ2) is 9.21. The van der Waals surface area contributed by atoms with Crippen molar-refractivity contribution in [2.45, 2.75) is 26.7 Å². The lowest BCUT2D eigenvalue weighted by Crippen LogP contribution is -2.15. The Hall–Kier alpha value is -2.68. The third kappa shape index (κ3) is 5.66. The van der Waals surface area contributed by atoms with E-state index in [9.17, 15) is 17.8 Å². The predicted molar refractivity (Wildman–Crippen MR) is 108 cm³/mol. The summed E-state index contributed by atoms with van der Waals surface area (Å²) in [5.74, 6) is 1.24. The van der Waals surface area contributed by atoms with E-state index in [1.807, 2.05) is 0 Å². The van der Waals surface area contributed by atoms with Crippen molar-refractivity contribution in [1.29, 1.82) is 0 Å². The minimum atomic E-state index is -0.894. The monoisotopic (exact) mass is 421 g/mol. The number of fused-ring (bicyclic) bond motifs is 1. The second-order valence-corrected chi connectivity index (χ2v) is 8.59. The van der Waals surface area contributed by atoms with Gasteiger partial charge in [0.1, 0.15) is 17.3 Å². The molecule has 0 aliphatic carbocycles. The maximum absolute atomic E-state index is 13.5. The minimum absolute atomic E-state index is 0.125. The maximum atomic E-state index is 13.5. The second-order valence-electron chi connectivity index (χ2n) is 6.89. The predicted octanol–water partition coefficient (Wildman–Crippen LogP) is 3.86. The van der Waals surface area contributed by atoms with Gasteiger partial charge in [0.25, 0.3) is 5.56 Å². The molecule has 154 valence electrons. The van der Waals surface area contributed by atoms with Gasteiger partial charge in [-0.15, -0.1) is 0 Å². The molecule has 1 aliphatic heterocycles. The average Bonchev–Trinajstić information content (AvgIpc) is 2.67. The molecule has 0 spiro atoms. The molecule has 0 bridgehead atoms. The van der Waals surface area contributed by atoms with Crippen molar-refractivity contribution in [3.8, 4) is 11.5 Å². The summed E-state index contributed by atoms with van der Waals surface area (Å²) in [6, 6.07) is 4.23. The van der Waals surface area contributed by atoms with E-state index in [-0.39, 0.29) is 11.5 Å². The molecule has 2 aromatic heterocycles. The molecule has 29 heavy (non-hydrogen) atoms. The Morgan fingerprint density at radius 2 is 1.90 bits per heavy atom. The number of ether oxygens (including phenoxy) is 1. The molecule has 0 amide bonds. The lowest BCUT2D eigenvalue weighted by molar-refractivity contribution is 0.433. The Balaban J connectivity index is 0.000000252. The number of pyridine rings is 1. The molecule has 3 aromatic rings. The number of nitrogens with one attached hydrogen (secondary N) is 1. The van der Waals surface area contributed by atoms with Crippen LogP contribution in [0.3, 0.4) is 0 Å². The molecule has 6 nitrogen and oxygen atoms in total. The summed E-state index contributed by atoms with van der Waals surface area (Å²) in [6.07, 6.45) is 3.86. The number of aromatic nitrogens is 3. The van der Waals surface area contributed by atoms with Crippen molar-refractivity contribution in [3.63, 3.8) is 0 Å². The summed E-state index contributed by atoms with van der Waals surface area (Å²) < 4.78 is 42.3. The summed E-state index contributed by atoms with van der Waals surface area (Å²) in [5.41, 5.74) is -0.205. The number of nitrogens with zero attached hydrogens (tertiary/aromatic N) is 2. The van der Waals surface area contributed by atoms with Crippen LogP contribution in [0.2, 0.25) is 0 Å². The average molecular weight is 421 g/mol. The molecule has 0 unspecified atom stereocenters. The van der Waals surface area contributed by atoms with Crippen molar-refractivity contribution in [3.05, 3.63) is 58.3 Å². The van der Waals surface area contributed by atoms with Gasteiger partial charge >= 0.3 is 0 Å². The first kappa shape index (κ1) is 21.0. The van der Waals surface area contributed by atoms with Crippen LogP contribution in [-0.2, 0) is 10.8 Å². The number of H-pyrrole nitrogens is 1. The van der Waals surface area contributed by atoms with E-state index in [4.69, 9.17) is 4.74 Å². The van der Waals surface area contributed by atoms with Gasteiger partial charge in [0.15, 0.2) is 17.3 Å². The van der Waals surface area contributed by atoms with Crippen LogP contribution in [-0.4, -0.2) is 30.7 Å². The fourth-order valence-corrected chi connectivity index (χ4v) is 4.26. The Labute approximate surface area is 168 Å². The van der Waals surface area contributed by atoms with Crippen LogP contribution in [0.1, 0.15) is 25.6 Å². The van der Waals surface area contributed by atoms with Crippen LogP contribution >= 0.6 is 0 Å². The van der Waals surface area contributed by atoms with Crippen molar-refractivity contribution in [2.24, 2.45) is 5.92 Å². The normalized spacial score (nSPS) is 18.8. The fraction of sp³-hybridized carbons (Fsp3) is 0.350. The number of aromatic amines is 1.